The second-order valence-corrected chi connectivity index (χ2v) is 6.82. The number of nitrogens with one attached hydrogen (secondary N) is 2. The van der Waals surface area contributed by atoms with E-state index in [1.807, 2.05) is 0 Å². The number of hydrogen-bond donors (Lipinski definition) is 2. The van der Waals surface area contributed by atoms with Crippen LogP contribution in [0.3, 0.4) is 0 Å². The molecule has 2 N–H and O–H groups in total. The van der Waals surface area contributed by atoms with Crippen molar-refractivity contribution in [3.63, 3.8) is 0 Å². The van der Waals surface area contributed by atoms with Gasteiger partial charge in [0.1, 0.15) is 6.17 Å². The average Bonchev–Trinajstić information content (AvgIpc) is 2.68. The fraction of sp³-hybridized carbons (Fsp3) is 0.100. The van der Waals surface area contributed by atoms with Gasteiger partial charge in [0.25, 0.3) is 5.91 Å². The van der Waals surface area contributed by atoms with Crippen molar-refractivity contribution in [3.05, 3.63) is 92.9 Å². The Kier molecular flexibility index (Phi) is 4.58. The van der Waals surface area contributed by atoms with E-state index in [-0.39, 0.29) is 5.69 Å². The monoisotopic (exact) mass is 419 g/mol. The highest BCUT2D eigenvalue weighted by molar-refractivity contribution is 6.31. The highest BCUT2D eigenvalue weighted by Crippen LogP contribution is 2.41. The molecule has 148 valence electrons. The Balaban J connectivity index is 1.91. The third kappa shape index (κ3) is 3.47. The first-order valence-corrected chi connectivity index (χ1v) is 8.88. The molecule has 1 amide bonds. The first-order chi connectivity index (χ1) is 13.8. The van der Waals surface area contributed by atoms with Gasteiger partial charge in [0.15, 0.2) is 0 Å². The van der Waals surface area contributed by atoms with Crippen LogP contribution >= 0.6 is 11.6 Å². The minimum absolute atomic E-state index is 0.000917. The lowest BCUT2D eigenvalue weighted by atomic mass is 10.0. The molecule has 0 fully saturated rings. The van der Waals surface area contributed by atoms with E-state index < -0.39 is 34.4 Å². The molecule has 1 aliphatic heterocycles. The molecule has 29 heavy (non-hydrogen) atoms. The summed E-state index contributed by atoms with van der Waals surface area (Å²) in [6.07, 6.45) is -4.16. The highest BCUT2D eigenvalue weighted by Gasteiger charge is 2.37. The number of nitrogens with zero attached hydrogens (tertiary/aromatic N) is 1. The van der Waals surface area contributed by atoms with Crippen LogP contribution < -0.4 is 15.8 Å². The molecule has 2 aromatic carbocycles. The molecule has 3 aromatic rings. The van der Waals surface area contributed by atoms with E-state index in [1.165, 1.54) is 23.2 Å². The van der Waals surface area contributed by atoms with Crippen LogP contribution in [-0.4, -0.2) is 10.9 Å². The maximum absolute atomic E-state index is 13.4. The van der Waals surface area contributed by atoms with Gasteiger partial charge in [-0.15, -0.1) is 0 Å². The summed E-state index contributed by atoms with van der Waals surface area (Å²) < 4.78 is 40.1. The Morgan fingerprint density at radius 3 is 2.48 bits per heavy atom. The van der Waals surface area contributed by atoms with Gasteiger partial charge < -0.3 is 10.3 Å². The van der Waals surface area contributed by atoms with Gasteiger partial charge in [0.2, 0.25) is 5.56 Å². The van der Waals surface area contributed by atoms with E-state index in [1.54, 1.807) is 30.3 Å². The van der Waals surface area contributed by atoms with Crippen LogP contribution in [0.2, 0.25) is 5.02 Å². The SMILES string of the molecule is O=C1c2ccccc2NC(c2cc[nH]c(=O)c2)N1c1ccc(Cl)c(C(F)(F)F)c1. The number of para-hydroxylation sites is 1. The van der Waals surface area contributed by atoms with Gasteiger partial charge in [-0.25, -0.2) is 0 Å². The number of amides is 1. The molecule has 1 aromatic heterocycles. The number of halogens is 4. The number of carbonyl (C=O) groups is 1. The topological polar surface area (TPSA) is 65.2 Å². The molecule has 4 rings (SSSR count). The van der Waals surface area contributed by atoms with E-state index in [9.17, 15) is 22.8 Å². The first-order valence-electron chi connectivity index (χ1n) is 8.50. The van der Waals surface area contributed by atoms with Crippen molar-refractivity contribution in [2.75, 3.05) is 10.2 Å². The Morgan fingerprint density at radius 1 is 1.00 bits per heavy atom. The van der Waals surface area contributed by atoms with E-state index in [0.717, 1.165) is 12.1 Å². The van der Waals surface area contributed by atoms with E-state index in [2.05, 4.69) is 10.3 Å². The first kappa shape index (κ1) is 19.1. The van der Waals surface area contributed by atoms with Crippen molar-refractivity contribution in [2.24, 2.45) is 0 Å². The molecular formula is C20H13ClF3N3O2. The van der Waals surface area contributed by atoms with Crippen LogP contribution in [-0.2, 0) is 6.18 Å². The van der Waals surface area contributed by atoms with Crippen molar-refractivity contribution in [1.82, 2.24) is 4.98 Å². The summed E-state index contributed by atoms with van der Waals surface area (Å²) in [6, 6.07) is 12.8. The van der Waals surface area contributed by atoms with Gasteiger partial charge in [0, 0.05) is 29.2 Å². The summed E-state index contributed by atoms with van der Waals surface area (Å²) in [5.41, 5.74) is -0.212. The number of benzene rings is 2. The lowest BCUT2D eigenvalue weighted by Gasteiger charge is -2.38. The molecule has 0 saturated carbocycles. The fourth-order valence-electron chi connectivity index (χ4n) is 3.26. The zero-order valence-corrected chi connectivity index (χ0v) is 15.4. The number of rotatable bonds is 2. The molecule has 0 aliphatic carbocycles. The lowest BCUT2D eigenvalue weighted by Crippen LogP contribution is -2.43. The number of aromatic nitrogens is 1. The van der Waals surface area contributed by atoms with Crippen molar-refractivity contribution in [3.8, 4) is 0 Å². The number of hydrogen-bond acceptors (Lipinski definition) is 3. The van der Waals surface area contributed by atoms with Crippen molar-refractivity contribution in [2.45, 2.75) is 12.3 Å². The van der Waals surface area contributed by atoms with Gasteiger partial charge in [-0.3, -0.25) is 14.5 Å². The summed E-state index contributed by atoms with van der Waals surface area (Å²) in [4.78, 5) is 28.7. The Morgan fingerprint density at radius 2 is 1.76 bits per heavy atom. The summed E-state index contributed by atoms with van der Waals surface area (Å²) >= 11 is 5.73. The predicted octanol–water partition coefficient (Wildman–Crippen LogP) is 4.82. The van der Waals surface area contributed by atoms with Crippen LogP contribution in [0.1, 0.15) is 27.7 Å². The maximum atomic E-state index is 13.4. The minimum atomic E-state index is -4.68. The summed E-state index contributed by atoms with van der Waals surface area (Å²) in [7, 11) is 0. The van der Waals surface area contributed by atoms with Gasteiger partial charge in [-0.1, -0.05) is 23.7 Å². The van der Waals surface area contributed by atoms with Gasteiger partial charge in [-0.2, -0.15) is 13.2 Å². The molecule has 0 radical (unpaired) electrons. The fourth-order valence-corrected chi connectivity index (χ4v) is 3.49. The standard InChI is InChI=1S/C20H13ClF3N3O2/c21-15-6-5-12(10-14(15)20(22,23)24)27-18(11-7-8-25-17(28)9-11)26-16-4-2-1-3-13(16)19(27)29/h1-10,18,26H,(H,25,28). The maximum Gasteiger partial charge on any atom is 0.417 e. The summed E-state index contributed by atoms with van der Waals surface area (Å²) in [5.74, 6) is -0.500. The van der Waals surface area contributed by atoms with Gasteiger partial charge >= 0.3 is 6.18 Å². The van der Waals surface area contributed by atoms with Gasteiger partial charge in [0.05, 0.1) is 16.1 Å². The molecule has 2 heterocycles. The second kappa shape index (κ2) is 6.97. The average molecular weight is 420 g/mol. The normalized spacial score (nSPS) is 16.3. The molecule has 0 bridgehead atoms. The third-order valence-electron chi connectivity index (χ3n) is 4.58. The smallest absolute Gasteiger partial charge is 0.360 e. The van der Waals surface area contributed by atoms with Crippen molar-refractivity contribution in [1.29, 1.82) is 0 Å². The van der Waals surface area contributed by atoms with Crippen molar-refractivity contribution >= 4 is 28.9 Å². The largest absolute Gasteiger partial charge is 0.417 e. The van der Waals surface area contributed by atoms with E-state index >= 15 is 0 Å². The second-order valence-electron chi connectivity index (χ2n) is 6.42. The zero-order chi connectivity index (χ0) is 20.8. The minimum Gasteiger partial charge on any atom is -0.360 e. The number of pyridine rings is 1. The molecular weight excluding hydrogens is 407 g/mol. The molecule has 0 spiro atoms. The summed E-state index contributed by atoms with van der Waals surface area (Å²) in [6.45, 7) is 0. The number of H-pyrrole nitrogens is 1. The molecule has 1 aliphatic rings. The Labute approximate surface area is 167 Å². The van der Waals surface area contributed by atoms with Crippen LogP contribution in [0.4, 0.5) is 24.5 Å². The zero-order valence-electron chi connectivity index (χ0n) is 14.6. The van der Waals surface area contributed by atoms with E-state index in [0.29, 0.717) is 16.8 Å². The van der Waals surface area contributed by atoms with Crippen molar-refractivity contribution < 1.29 is 18.0 Å². The number of alkyl halides is 3. The van der Waals surface area contributed by atoms with Crippen LogP contribution in [0.15, 0.2) is 65.6 Å². The summed E-state index contributed by atoms with van der Waals surface area (Å²) in [5, 5.41) is 2.66. The number of aromatic amines is 1. The van der Waals surface area contributed by atoms with E-state index in [4.69, 9.17) is 11.6 Å². The van der Waals surface area contributed by atoms with Crippen LogP contribution in [0.5, 0.6) is 0 Å². The Bertz CT molecular complexity index is 1160. The quantitative estimate of drug-likeness (QED) is 0.626. The molecule has 1 unspecified atom stereocenters. The third-order valence-corrected chi connectivity index (χ3v) is 4.90. The van der Waals surface area contributed by atoms with Crippen LogP contribution in [0.25, 0.3) is 0 Å². The highest BCUT2D eigenvalue weighted by atomic mass is 35.5. The Hall–Kier alpha value is -3.26. The lowest BCUT2D eigenvalue weighted by molar-refractivity contribution is -0.137. The van der Waals surface area contributed by atoms with Gasteiger partial charge in [-0.05, 0) is 36.4 Å². The number of fused-ring (bicyclic) bond motifs is 1. The molecule has 0 saturated heterocycles. The molecule has 1 atom stereocenters. The molecule has 5 nitrogen and oxygen atoms in total. The number of carbonyl (C=O) groups excluding carboxylic acids is 1. The number of anilines is 2. The molecule has 9 heteroatoms. The van der Waals surface area contributed by atoms with Crippen LogP contribution in [0, 0.1) is 0 Å². The predicted molar refractivity (Wildman–Crippen MR) is 103 cm³/mol.